The Labute approximate surface area is 366 Å². The van der Waals surface area contributed by atoms with Crippen LogP contribution in [0.25, 0.3) is 88.9 Å². The summed E-state index contributed by atoms with van der Waals surface area (Å²) in [6.45, 7) is 0. The van der Waals surface area contributed by atoms with Gasteiger partial charge in [0.15, 0.2) is 5.82 Å². The standard InChI is InChI=1S/C59H40N4/c1-4-16-39(17-5-1)51-37-53(40-18-6-2-7-19-40)60-52-35-34-47-46(26-15-27-50(47)58(51)52)43-22-14-23-44(36-43)59-61-54(41-20-8-3-9-21-41)38-55(62-59)42-30-32-45(33-31-42)63-56-28-12-10-24-48(56)49-25-11-13-29-57(49)63/h1-38,53,60H. The first-order valence-electron chi connectivity index (χ1n) is 21.5. The molecule has 0 spiro atoms. The minimum atomic E-state index is 0.0563. The van der Waals surface area contributed by atoms with Gasteiger partial charge in [-0.3, -0.25) is 0 Å². The summed E-state index contributed by atoms with van der Waals surface area (Å²) in [6, 6.07) is 79.9. The number of nitrogens with one attached hydrogen (secondary N) is 1. The van der Waals surface area contributed by atoms with E-state index >= 15 is 0 Å². The van der Waals surface area contributed by atoms with Crippen LogP contribution in [0.1, 0.15) is 22.7 Å². The van der Waals surface area contributed by atoms with Crippen LogP contribution < -0.4 is 5.32 Å². The van der Waals surface area contributed by atoms with Crippen LogP contribution in [0.2, 0.25) is 0 Å². The van der Waals surface area contributed by atoms with Gasteiger partial charge >= 0.3 is 0 Å². The second kappa shape index (κ2) is 15.3. The summed E-state index contributed by atoms with van der Waals surface area (Å²) >= 11 is 0. The van der Waals surface area contributed by atoms with Crippen molar-refractivity contribution in [2.75, 3.05) is 5.32 Å². The fraction of sp³-hybridized carbons (Fsp3) is 0.0169. The highest BCUT2D eigenvalue weighted by Gasteiger charge is 2.24. The number of anilines is 1. The van der Waals surface area contributed by atoms with Gasteiger partial charge in [-0.25, -0.2) is 9.97 Å². The van der Waals surface area contributed by atoms with E-state index < -0.39 is 0 Å². The first kappa shape index (κ1) is 36.5. The van der Waals surface area contributed by atoms with Crippen LogP contribution in [0.4, 0.5) is 5.69 Å². The molecule has 0 fully saturated rings. The zero-order valence-corrected chi connectivity index (χ0v) is 34.4. The van der Waals surface area contributed by atoms with Crippen LogP contribution in [0.5, 0.6) is 0 Å². The Bertz CT molecular complexity index is 3460. The zero-order valence-electron chi connectivity index (χ0n) is 34.4. The molecule has 2 aromatic heterocycles. The molecule has 0 saturated carbocycles. The predicted molar refractivity (Wildman–Crippen MR) is 262 cm³/mol. The average Bonchev–Trinajstić information content (AvgIpc) is 3.71. The third-order valence-corrected chi connectivity index (χ3v) is 12.4. The Hall–Kier alpha value is -8.34. The first-order valence-corrected chi connectivity index (χ1v) is 21.5. The number of para-hydroxylation sites is 2. The SMILES string of the molecule is C1=C(c2ccccc2)c2c(ccc3c(-c4cccc(-c5nc(-c6ccccc6)cc(-c6ccc(-n7c8ccccc8c8ccccc87)cc6)n5)c4)cccc23)NC1c1ccccc1. The summed E-state index contributed by atoms with van der Waals surface area (Å²) in [5.74, 6) is 0.683. The molecule has 296 valence electrons. The lowest BCUT2D eigenvalue weighted by Crippen LogP contribution is -2.15. The summed E-state index contributed by atoms with van der Waals surface area (Å²) in [4.78, 5) is 10.5. The second-order valence-electron chi connectivity index (χ2n) is 16.2. The van der Waals surface area contributed by atoms with E-state index in [1.54, 1.807) is 0 Å². The van der Waals surface area contributed by atoms with Crippen molar-refractivity contribution in [2.24, 2.45) is 0 Å². The highest BCUT2D eigenvalue weighted by atomic mass is 15.0. The molecular weight excluding hydrogens is 765 g/mol. The lowest BCUT2D eigenvalue weighted by Gasteiger charge is -2.29. The summed E-state index contributed by atoms with van der Waals surface area (Å²) in [7, 11) is 0. The molecule has 11 aromatic rings. The van der Waals surface area contributed by atoms with Crippen molar-refractivity contribution in [1.29, 1.82) is 0 Å². The van der Waals surface area contributed by atoms with E-state index in [9.17, 15) is 0 Å². The Balaban J connectivity index is 0.956. The zero-order chi connectivity index (χ0) is 41.7. The van der Waals surface area contributed by atoms with E-state index in [-0.39, 0.29) is 6.04 Å². The number of aromatic nitrogens is 3. The number of hydrogen-bond donors (Lipinski definition) is 1. The molecule has 1 unspecified atom stereocenters. The normalized spacial score (nSPS) is 13.5. The fourth-order valence-corrected chi connectivity index (χ4v) is 9.47. The number of benzene rings is 9. The molecular formula is C59H40N4. The second-order valence-corrected chi connectivity index (χ2v) is 16.2. The predicted octanol–water partition coefficient (Wildman–Crippen LogP) is 15.0. The van der Waals surface area contributed by atoms with Crippen LogP contribution in [0.15, 0.2) is 231 Å². The third-order valence-electron chi connectivity index (χ3n) is 12.4. The molecule has 0 amide bonds. The Kier molecular flexibility index (Phi) is 8.86. The Morgan fingerprint density at radius 1 is 0.397 bits per heavy atom. The molecule has 63 heavy (non-hydrogen) atoms. The topological polar surface area (TPSA) is 42.7 Å². The van der Waals surface area contributed by atoms with Gasteiger partial charge in [0, 0.05) is 44.4 Å². The summed E-state index contributed by atoms with van der Waals surface area (Å²) in [5.41, 5.74) is 16.6. The van der Waals surface area contributed by atoms with Crippen LogP contribution in [0.3, 0.4) is 0 Å². The first-order chi connectivity index (χ1) is 31.2. The number of nitrogens with zero attached hydrogens (tertiary/aromatic N) is 3. The minimum Gasteiger partial charge on any atom is -0.374 e. The van der Waals surface area contributed by atoms with Crippen LogP contribution in [0, 0.1) is 0 Å². The van der Waals surface area contributed by atoms with Crippen molar-refractivity contribution < 1.29 is 0 Å². The smallest absolute Gasteiger partial charge is 0.160 e. The highest BCUT2D eigenvalue weighted by molar-refractivity contribution is 6.10. The van der Waals surface area contributed by atoms with Crippen molar-refractivity contribution in [3.63, 3.8) is 0 Å². The molecule has 0 radical (unpaired) electrons. The van der Waals surface area contributed by atoms with E-state index in [4.69, 9.17) is 9.97 Å². The molecule has 1 atom stereocenters. The maximum atomic E-state index is 5.29. The van der Waals surface area contributed by atoms with Crippen molar-refractivity contribution >= 4 is 43.8 Å². The molecule has 0 saturated heterocycles. The number of hydrogen-bond acceptors (Lipinski definition) is 3. The largest absolute Gasteiger partial charge is 0.374 e. The van der Waals surface area contributed by atoms with Gasteiger partial charge in [-0.15, -0.1) is 0 Å². The van der Waals surface area contributed by atoms with Gasteiger partial charge in [0.25, 0.3) is 0 Å². The molecule has 4 heteroatoms. The highest BCUT2D eigenvalue weighted by Crippen LogP contribution is 2.45. The van der Waals surface area contributed by atoms with E-state index in [1.807, 2.05) is 6.07 Å². The minimum absolute atomic E-state index is 0.0563. The van der Waals surface area contributed by atoms with E-state index in [0.29, 0.717) is 5.82 Å². The van der Waals surface area contributed by atoms with Gasteiger partial charge in [0.05, 0.1) is 28.5 Å². The van der Waals surface area contributed by atoms with E-state index in [0.717, 1.165) is 50.6 Å². The molecule has 1 aliphatic rings. The van der Waals surface area contributed by atoms with Crippen LogP contribution in [-0.4, -0.2) is 14.5 Å². The average molecular weight is 805 g/mol. The van der Waals surface area contributed by atoms with Gasteiger partial charge < -0.3 is 9.88 Å². The van der Waals surface area contributed by atoms with Crippen LogP contribution in [-0.2, 0) is 0 Å². The van der Waals surface area contributed by atoms with Crippen molar-refractivity contribution in [1.82, 2.24) is 14.5 Å². The Morgan fingerprint density at radius 2 is 0.952 bits per heavy atom. The molecule has 9 aromatic carbocycles. The van der Waals surface area contributed by atoms with Gasteiger partial charge in [-0.05, 0) is 87.1 Å². The lowest BCUT2D eigenvalue weighted by atomic mass is 9.85. The summed E-state index contributed by atoms with van der Waals surface area (Å²) < 4.78 is 2.35. The molecule has 0 bridgehead atoms. The molecule has 1 aliphatic heterocycles. The quantitative estimate of drug-likeness (QED) is 0.174. The van der Waals surface area contributed by atoms with Crippen molar-refractivity contribution in [3.05, 3.63) is 247 Å². The van der Waals surface area contributed by atoms with E-state index in [2.05, 4.69) is 234 Å². The van der Waals surface area contributed by atoms with Gasteiger partial charge in [-0.1, -0.05) is 182 Å². The third kappa shape index (κ3) is 6.48. The summed E-state index contributed by atoms with van der Waals surface area (Å²) in [5, 5.41) is 8.76. The molecule has 4 nitrogen and oxygen atoms in total. The fourth-order valence-electron chi connectivity index (χ4n) is 9.47. The number of rotatable bonds is 7. The number of fused-ring (bicyclic) bond motifs is 6. The van der Waals surface area contributed by atoms with Crippen LogP contribution >= 0.6 is 0 Å². The molecule has 0 aliphatic carbocycles. The van der Waals surface area contributed by atoms with Crippen molar-refractivity contribution in [2.45, 2.75) is 6.04 Å². The lowest BCUT2D eigenvalue weighted by molar-refractivity contribution is 0.974. The maximum Gasteiger partial charge on any atom is 0.160 e. The molecule has 3 heterocycles. The van der Waals surface area contributed by atoms with Crippen molar-refractivity contribution in [3.8, 4) is 50.7 Å². The van der Waals surface area contributed by atoms with Gasteiger partial charge in [0.1, 0.15) is 0 Å². The Morgan fingerprint density at radius 3 is 1.65 bits per heavy atom. The molecule has 12 rings (SSSR count). The summed E-state index contributed by atoms with van der Waals surface area (Å²) in [6.07, 6.45) is 2.38. The maximum absolute atomic E-state index is 5.29. The van der Waals surface area contributed by atoms with Gasteiger partial charge in [-0.2, -0.15) is 0 Å². The monoisotopic (exact) mass is 804 g/mol. The van der Waals surface area contributed by atoms with Gasteiger partial charge in [0.2, 0.25) is 0 Å². The molecule has 1 N–H and O–H groups in total. The van der Waals surface area contributed by atoms with E-state index in [1.165, 1.54) is 54.8 Å².